The Kier molecular flexibility index (Phi) is 6.01. The number of rotatable bonds is 5. The largest absolute Gasteiger partial charge is 0.495 e. The molecule has 5 heteroatoms. The van der Waals surface area contributed by atoms with E-state index in [1.54, 1.807) is 7.11 Å². The highest BCUT2D eigenvalue weighted by atomic mass is 16.5. The number of hydrogen-bond donors (Lipinski definition) is 1. The smallest absolute Gasteiger partial charge is 0.238 e. The van der Waals surface area contributed by atoms with Gasteiger partial charge in [-0.05, 0) is 44.0 Å². The molecule has 27 heavy (non-hydrogen) atoms. The second kappa shape index (κ2) is 8.44. The first kappa shape index (κ1) is 19.2. The van der Waals surface area contributed by atoms with Gasteiger partial charge in [0.2, 0.25) is 5.91 Å². The monoisotopic (exact) mass is 367 g/mol. The van der Waals surface area contributed by atoms with Crippen molar-refractivity contribution in [2.24, 2.45) is 0 Å². The van der Waals surface area contributed by atoms with E-state index in [1.165, 1.54) is 5.56 Å². The number of piperazine rings is 1. The molecule has 1 N–H and O–H groups in total. The first-order valence-corrected chi connectivity index (χ1v) is 9.46. The van der Waals surface area contributed by atoms with Crippen molar-refractivity contribution < 1.29 is 9.53 Å². The quantitative estimate of drug-likeness (QED) is 0.880. The number of anilines is 2. The summed E-state index contributed by atoms with van der Waals surface area (Å²) < 4.78 is 5.47. The van der Waals surface area contributed by atoms with E-state index in [9.17, 15) is 4.79 Å². The summed E-state index contributed by atoms with van der Waals surface area (Å²) in [5.74, 6) is 0.949. The Labute approximate surface area is 161 Å². The third-order valence-electron chi connectivity index (χ3n) is 5.11. The van der Waals surface area contributed by atoms with Crippen LogP contribution >= 0.6 is 0 Å². The van der Waals surface area contributed by atoms with Gasteiger partial charge < -0.3 is 15.0 Å². The lowest BCUT2D eigenvalue weighted by molar-refractivity contribution is -0.117. The van der Waals surface area contributed by atoms with Crippen molar-refractivity contribution in [1.82, 2.24) is 4.90 Å². The summed E-state index contributed by atoms with van der Waals surface area (Å²) in [6.07, 6.45) is 0. The van der Waals surface area contributed by atoms with Crippen LogP contribution in [0.1, 0.15) is 16.7 Å². The van der Waals surface area contributed by atoms with Gasteiger partial charge in [-0.15, -0.1) is 0 Å². The molecule has 1 fully saturated rings. The van der Waals surface area contributed by atoms with Gasteiger partial charge in [-0.1, -0.05) is 29.8 Å². The fraction of sp³-hybridized carbons (Fsp3) is 0.409. The summed E-state index contributed by atoms with van der Waals surface area (Å²) in [4.78, 5) is 17.1. The number of hydrogen-bond acceptors (Lipinski definition) is 4. The number of nitrogens with zero attached hydrogens (tertiary/aromatic N) is 2. The SMILES string of the molecule is COc1ccccc1N1CCN(CC(=O)Nc2c(C)cc(C)cc2C)CC1. The minimum absolute atomic E-state index is 0.0517. The van der Waals surface area contributed by atoms with Gasteiger partial charge in [-0.25, -0.2) is 0 Å². The molecule has 3 rings (SSSR count). The molecule has 1 amide bonds. The molecule has 144 valence electrons. The summed E-state index contributed by atoms with van der Waals surface area (Å²) in [7, 11) is 1.70. The molecule has 0 aliphatic carbocycles. The molecule has 2 aromatic carbocycles. The van der Waals surface area contributed by atoms with Crippen molar-refractivity contribution in [2.75, 3.05) is 50.1 Å². The van der Waals surface area contributed by atoms with Crippen molar-refractivity contribution in [3.05, 3.63) is 53.1 Å². The molecule has 5 nitrogen and oxygen atoms in total. The van der Waals surface area contributed by atoms with Crippen LogP contribution in [0.4, 0.5) is 11.4 Å². The maximum atomic E-state index is 12.5. The molecular formula is C22H29N3O2. The third-order valence-corrected chi connectivity index (χ3v) is 5.11. The molecule has 0 aromatic heterocycles. The molecule has 0 bridgehead atoms. The first-order chi connectivity index (χ1) is 13.0. The highest BCUT2D eigenvalue weighted by Crippen LogP contribution is 2.28. The van der Waals surface area contributed by atoms with E-state index in [2.05, 4.69) is 40.2 Å². The summed E-state index contributed by atoms with van der Waals surface area (Å²) >= 11 is 0. The average Bonchev–Trinajstić information content (AvgIpc) is 2.65. The second-order valence-electron chi connectivity index (χ2n) is 7.26. The predicted octanol–water partition coefficient (Wildman–Crippen LogP) is 3.38. The molecule has 1 aliphatic heterocycles. The number of methoxy groups -OCH3 is 1. The van der Waals surface area contributed by atoms with Crippen LogP contribution in [-0.4, -0.2) is 50.6 Å². The number of carbonyl (C=O) groups excluding carboxylic acids is 1. The van der Waals surface area contributed by atoms with Crippen LogP contribution in [0.3, 0.4) is 0 Å². The predicted molar refractivity (Wildman–Crippen MR) is 111 cm³/mol. The summed E-state index contributed by atoms with van der Waals surface area (Å²) in [6, 6.07) is 12.3. The lowest BCUT2D eigenvalue weighted by Crippen LogP contribution is -2.48. The van der Waals surface area contributed by atoms with Crippen molar-refractivity contribution in [2.45, 2.75) is 20.8 Å². The van der Waals surface area contributed by atoms with Crippen molar-refractivity contribution >= 4 is 17.3 Å². The number of nitrogens with one attached hydrogen (secondary N) is 1. The minimum atomic E-state index is 0.0517. The van der Waals surface area contributed by atoms with Crippen LogP contribution in [0.2, 0.25) is 0 Å². The van der Waals surface area contributed by atoms with Crippen molar-refractivity contribution in [3.63, 3.8) is 0 Å². The molecule has 0 atom stereocenters. The molecule has 0 radical (unpaired) electrons. The molecule has 2 aromatic rings. The molecule has 1 aliphatic rings. The fourth-order valence-electron chi connectivity index (χ4n) is 3.80. The lowest BCUT2D eigenvalue weighted by atomic mass is 10.1. The van der Waals surface area contributed by atoms with Crippen LogP contribution < -0.4 is 15.0 Å². The number of para-hydroxylation sites is 2. The van der Waals surface area contributed by atoms with Crippen LogP contribution in [-0.2, 0) is 4.79 Å². The number of benzene rings is 2. The zero-order valence-electron chi connectivity index (χ0n) is 16.7. The zero-order chi connectivity index (χ0) is 19.4. The molecular weight excluding hydrogens is 338 g/mol. The van der Waals surface area contributed by atoms with E-state index in [1.807, 2.05) is 32.0 Å². The van der Waals surface area contributed by atoms with Gasteiger partial charge in [0.1, 0.15) is 5.75 Å². The Bertz CT molecular complexity index is 788. The van der Waals surface area contributed by atoms with Crippen molar-refractivity contribution in [1.29, 1.82) is 0 Å². The standard InChI is InChI=1S/C22H29N3O2/c1-16-13-17(2)22(18(3)14-16)23-21(26)15-24-9-11-25(12-10-24)19-7-5-6-8-20(19)27-4/h5-8,13-14H,9-12,15H2,1-4H3,(H,23,26). The highest BCUT2D eigenvalue weighted by molar-refractivity contribution is 5.93. The van der Waals surface area contributed by atoms with E-state index in [4.69, 9.17) is 4.74 Å². The second-order valence-corrected chi connectivity index (χ2v) is 7.26. The Morgan fingerprint density at radius 3 is 2.30 bits per heavy atom. The zero-order valence-corrected chi connectivity index (χ0v) is 16.7. The lowest BCUT2D eigenvalue weighted by Gasteiger charge is -2.36. The Morgan fingerprint density at radius 2 is 1.67 bits per heavy atom. The van der Waals surface area contributed by atoms with Gasteiger partial charge in [-0.2, -0.15) is 0 Å². The van der Waals surface area contributed by atoms with E-state index in [-0.39, 0.29) is 5.91 Å². The van der Waals surface area contributed by atoms with Gasteiger partial charge >= 0.3 is 0 Å². The Balaban J connectivity index is 1.56. The van der Waals surface area contributed by atoms with Crippen molar-refractivity contribution in [3.8, 4) is 5.75 Å². The topological polar surface area (TPSA) is 44.8 Å². The summed E-state index contributed by atoms with van der Waals surface area (Å²) in [5, 5.41) is 3.10. The van der Waals surface area contributed by atoms with Crippen LogP contribution in [0, 0.1) is 20.8 Å². The number of ether oxygens (including phenoxy) is 1. The van der Waals surface area contributed by atoms with Gasteiger partial charge in [0.15, 0.2) is 0 Å². The highest BCUT2D eigenvalue weighted by Gasteiger charge is 2.21. The number of carbonyl (C=O) groups is 1. The number of amides is 1. The van der Waals surface area contributed by atoms with Crippen LogP contribution in [0.25, 0.3) is 0 Å². The summed E-state index contributed by atoms with van der Waals surface area (Å²) in [6.45, 7) is 10.1. The molecule has 1 heterocycles. The fourth-order valence-corrected chi connectivity index (χ4v) is 3.80. The third kappa shape index (κ3) is 4.61. The van der Waals surface area contributed by atoms with Crippen LogP contribution in [0.15, 0.2) is 36.4 Å². The van der Waals surface area contributed by atoms with Crippen LogP contribution in [0.5, 0.6) is 5.75 Å². The van der Waals surface area contributed by atoms with E-state index >= 15 is 0 Å². The minimum Gasteiger partial charge on any atom is -0.495 e. The normalized spacial score (nSPS) is 14.9. The molecule has 0 unspecified atom stereocenters. The molecule has 1 saturated heterocycles. The first-order valence-electron chi connectivity index (χ1n) is 9.46. The van der Waals surface area contributed by atoms with E-state index in [0.717, 1.165) is 54.4 Å². The summed E-state index contributed by atoms with van der Waals surface area (Å²) in [5.41, 5.74) is 5.51. The molecule has 0 spiro atoms. The Hall–Kier alpha value is -2.53. The Morgan fingerprint density at radius 1 is 1.04 bits per heavy atom. The van der Waals surface area contributed by atoms with Gasteiger partial charge in [0.25, 0.3) is 0 Å². The van der Waals surface area contributed by atoms with Gasteiger partial charge in [-0.3, -0.25) is 9.69 Å². The van der Waals surface area contributed by atoms with E-state index in [0.29, 0.717) is 6.54 Å². The van der Waals surface area contributed by atoms with Gasteiger partial charge in [0.05, 0.1) is 19.3 Å². The maximum Gasteiger partial charge on any atom is 0.238 e. The molecule has 0 saturated carbocycles. The van der Waals surface area contributed by atoms with Gasteiger partial charge in [0, 0.05) is 31.9 Å². The van der Waals surface area contributed by atoms with E-state index < -0.39 is 0 Å². The maximum absolute atomic E-state index is 12.5. The number of aryl methyl sites for hydroxylation is 3. The average molecular weight is 367 g/mol.